The Morgan fingerprint density at radius 2 is 2.14 bits per heavy atom. The van der Waals surface area contributed by atoms with E-state index in [1.54, 1.807) is 0 Å². The van der Waals surface area contributed by atoms with Gasteiger partial charge in [-0.15, -0.1) is 0 Å². The SMILES string of the molecule is O=C(O)CC1CSC(=S)N1CC(=O)O. The molecule has 1 heterocycles. The van der Waals surface area contributed by atoms with E-state index in [9.17, 15) is 9.59 Å². The molecule has 1 fully saturated rings. The molecule has 0 radical (unpaired) electrons. The summed E-state index contributed by atoms with van der Waals surface area (Å²) in [6.45, 7) is -0.218. The van der Waals surface area contributed by atoms with Crippen molar-refractivity contribution in [3.8, 4) is 0 Å². The molecule has 1 aliphatic heterocycles. The number of thioether (sulfide) groups is 1. The first kappa shape index (κ1) is 11.3. The van der Waals surface area contributed by atoms with Crippen LogP contribution < -0.4 is 0 Å². The van der Waals surface area contributed by atoms with Gasteiger partial charge in [-0.2, -0.15) is 0 Å². The summed E-state index contributed by atoms with van der Waals surface area (Å²) in [6.07, 6.45) is -0.0690. The lowest BCUT2D eigenvalue weighted by Crippen LogP contribution is -2.38. The maximum Gasteiger partial charge on any atom is 0.323 e. The summed E-state index contributed by atoms with van der Waals surface area (Å²) in [5, 5.41) is 17.2. The Morgan fingerprint density at radius 1 is 1.50 bits per heavy atom. The van der Waals surface area contributed by atoms with Gasteiger partial charge >= 0.3 is 11.9 Å². The van der Waals surface area contributed by atoms with Crippen molar-refractivity contribution >= 4 is 40.2 Å². The van der Waals surface area contributed by atoms with E-state index in [-0.39, 0.29) is 19.0 Å². The zero-order valence-electron chi connectivity index (χ0n) is 7.17. The summed E-state index contributed by atoms with van der Waals surface area (Å²) in [6, 6.07) is -0.291. The van der Waals surface area contributed by atoms with Gasteiger partial charge in [0, 0.05) is 5.75 Å². The maximum absolute atomic E-state index is 10.5. The van der Waals surface area contributed by atoms with E-state index in [4.69, 9.17) is 22.4 Å². The van der Waals surface area contributed by atoms with E-state index < -0.39 is 11.9 Å². The van der Waals surface area contributed by atoms with Crippen molar-refractivity contribution < 1.29 is 19.8 Å². The van der Waals surface area contributed by atoms with Gasteiger partial charge in [-0.05, 0) is 0 Å². The van der Waals surface area contributed by atoms with E-state index in [0.29, 0.717) is 10.1 Å². The molecular weight excluding hydrogens is 226 g/mol. The average molecular weight is 235 g/mol. The molecule has 0 aromatic rings. The molecule has 1 aliphatic rings. The Labute approximate surface area is 90.1 Å². The van der Waals surface area contributed by atoms with Crippen molar-refractivity contribution in [3.63, 3.8) is 0 Å². The summed E-state index contributed by atoms with van der Waals surface area (Å²) in [5.41, 5.74) is 0. The lowest BCUT2D eigenvalue weighted by atomic mass is 10.2. The summed E-state index contributed by atoms with van der Waals surface area (Å²) in [5.74, 6) is -1.38. The second-order valence-corrected chi connectivity index (χ2v) is 4.50. The predicted molar refractivity (Wildman–Crippen MR) is 55.4 cm³/mol. The quantitative estimate of drug-likeness (QED) is 0.676. The normalized spacial score (nSPS) is 21.3. The molecule has 0 spiro atoms. The van der Waals surface area contributed by atoms with Crippen LogP contribution in [0.5, 0.6) is 0 Å². The second-order valence-electron chi connectivity index (χ2n) is 2.85. The molecule has 0 amide bonds. The van der Waals surface area contributed by atoms with Gasteiger partial charge in [0.2, 0.25) is 0 Å². The van der Waals surface area contributed by atoms with Crippen LogP contribution in [0.2, 0.25) is 0 Å². The minimum absolute atomic E-state index is 0.0690. The number of hydrogen-bond donors (Lipinski definition) is 2. The number of carboxylic acid groups (broad SMARTS) is 2. The van der Waals surface area contributed by atoms with Crippen LogP contribution >= 0.6 is 24.0 Å². The van der Waals surface area contributed by atoms with Gasteiger partial charge < -0.3 is 15.1 Å². The molecular formula is C7H9NO4S2. The van der Waals surface area contributed by atoms with Crippen LogP contribution in [0.25, 0.3) is 0 Å². The molecule has 2 N–H and O–H groups in total. The van der Waals surface area contributed by atoms with Gasteiger partial charge in [0.05, 0.1) is 12.5 Å². The number of carboxylic acids is 2. The van der Waals surface area contributed by atoms with Crippen LogP contribution in [0.4, 0.5) is 0 Å². The highest BCUT2D eigenvalue weighted by atomic mass is 32.2. The van der Waals surface area contributed by atoms with Gasteiger partial charge in [0.1, 0.15) is 10.9 Å². The number of nitrogens with zero attached hydrogens (tertiary/aromatic N) is 1. The Bertz CT molecular complexity index is 281. The Hall–Kier alpha value is -0.820. The molecule has 14 heavy (non-hydrogen) atoms. The van der Waals surface area contributed by atoms with Gasteiger partial charge in [0.15, 0.2) is 0 Å². The summed E-state index contributed by atoms with van der Waals surface area (Å²) in [4.78, 5) is 22.4. The summed E-state index contributed by atoms with van der Waals surface area (Å²) < 4.78 is 0.471. The molecule has 5 nitrogen and oxygen atoms in total. The van der Waals surface area contributed by atoms with Crippen molar-refractivity contribution in [2.45, 2.75) is 12.5 Å². The van der Waals surface area contributed by atoms with Gasteiger partial charge in [-0.3, -0.25) is 9.59 Å². The van der Waals surface area contributed by atoms with Crippen molar-refractivity contribution in [2.75, 3.05) is 12.3 Å². The van der Waals surface area contributed by atoms with Crippen LogP contribution in [0.3, 0.4) is 0 Å². The Morgan fingerprint density at radius 3 is 2.64 bits per heavy atom. The predicted octanol–water partition coefficient (Wildman–Crippen LogP) is 0.248. The summed E-state index contributed by atoms with van der Waals surface area (Å²) in [7, 11) is 0. The Balaban J connectivity index is 2.61. The molecule has 1 saturated heterocycles. The minimum atomic E-state index is -0.995. The lowest BCUT2D eigenvalue weighted by Gasteiger charge is -2.21. The fourth-order valence-electron chi connectivity index (χ4n) is 1.20. The third-order valence-electron chi connectivity index (χ3n) is 1.79. The van der Waals surface area contributed by atoms with E-state index in [2.05, 4.69) is 0 Å². The fourth-order valence-corrected chi connectivity index (χ4v) is 2.63. The topological polar surface area (TPSA) is 77.8 Å². The minimum Gasteiger partial charge on any atom is -0.481 e. The number of hydrogen-bond acceptors (Lipinski definition) is 4. The molecule has 78 valence electrons. The standard InChI is InChI=1S/C7H9NO4S2/c9-5(10)1-4-3-14-7(13)8(4)2-6(11)12/h4H,1-3H2,(H,9,10)(H,11,12). The van der Waals surface area contributed by atoms with E-state index >= 15 is 0 Å². The van der Waals surface area contributed by atoms with Crippen molar-refractivity contribution in [2.24, 2.45) is 0 Å². The highest BCUT2D eigenvalue weighted by Crippen LogP contribution is 2.25. The van der Waals surface area contributed by atoms with E-state index in [1.165, 1.54) is 16.7 Å². The number of carbonyl (C=O) groups is 2. The number of rotatable bonds is 4. The van der Waals surface area contributed by atoms with Crippen molar-refractivity contribution in [3.05, 3.63) is 0 Å². The van der Waals surface area contributed by atoms with Crippen molar-refractivity contribution in [1.29, 1.82) is 0 Å². The molecule has 0 saturated carbocycles. The first-order valence-corrected chi connectivity index (χ1v) is 5.27. The van der Waals surface area contributed by atoms with E-state index in [1.807, 2.05) is 0 Å². The first-order valence-electron chi connectivity index (χ1n) is 3.87. The van der Waals surface area contributed by atoms with Gasteiger partial charge in [-0.25, -0.2) is 0 Å². The molecule has 1 unspecified atom stereocenters. The molecule has 7 heteroatoms. The van der Waals surface area contributed by atoms with Gasteiger partial charge in [0.25, 0.3) is 0 Å². The smallest absolute Gasteiger partial charge is 0.323 e. The van der Waals surface area contributed by atoms with Crippen LogP contribution in [0.1, 0.15) is 6.42 Å². The summed E-state index contributed by atoms with van der Waals surface area (Å²) >= 11 is 6.25. The zero-order chi connectivity index (χ0) is 10.7. The third-order valence-corrected chi connectivity index (χ3v) is 3.41. The zero-order valence-corrected chi connectivity index (χ0v) is 8.81. The monoisotopic (exact) mass is 235 g/mol. The highest BCUT2D eigenvalue weighted by molar-refractivity contribution is 8.23. The molecule has 1 atom stereocenters. The van der Waals surface area contributed by atoms with Gasteiger partial charge in [-0.1, -0.05) is 24.0 Å². The maximum atomic E-state index is 10.5. The lowest BCUT2D eigenvalue weighted by molar-refractivity contribution is -0.140. The highest BCUT2D eigenvalue weighted by Gasteiger charge is 2.31. The molecule has 0 aromatic carbocycles. The molecule has 0 aliphatic carbocycles. The Kier molecular flexibility index (Phi) is 3.70. The van der Waals surface area contributed by atoms with Crippen LogP contribution in [-0.4, -0.2) is 49.7 Å². The molecule has 0 aromatic heterocycles. The van der Waals surface area contributed by atoms with Crippen LogP contribution in [-0.2, 0) is 9.59 Å². The molecule has 0 bridgehead atoms. The van der Waals surface area contributed by atoms with Crippen LogP contribution in [0.15, 0.2) is 0 Å². The fraction of sp³-hybridized carbons (Fsp3) is 0.571. The third kappa shape index (κ3) is 2.85. The first-order chi connectivity index (χ1) is 6.50. The van der Waals surface area contributed by atoms with Crippen molar-refractivity contribution in [1.82, 2.24) is 4.90 Å². The van der Waals surface area contributed by atoms with E-state index in [0.717, 1.165) is 0 Å². The van der Waals surface area contributed by atoms with Crippen LogP contribution in [0, 0.1) is 0 Å². The number of thiocarbonyl (C=S) groups is 1. The largest absolute Gasteiger partial charge is 0.481 e. The second kappa shape index (κ2) is 4.61. The molecule has 1 rings (SSSR count). The number of aliphatic carboxylic acids is 2. The average Bonchev–Trinajstić information content (AvgIpc) is 2.34.